The van der Waals surface area contributed by atoms with Crippen LogP contribution in [0.2, 0.25) is 0 Å². The SMILES string of the molecule is Cc1ccc(NCC2CCC(C)C2)nn1. The quantitative estimate of drug-likeness (QED) is 0.824. The van der Waals surface area contributed by atoms with Gasteiger partial charge in [0.05, 0.1) is 5.69 Å². The molecule has 0 bridgehead atoms. The van der Waals surface area contributed by atoms with Crippen molar-refractivity contribution >= 4 is 5.82 Å². The lowest BCUT2D eigenvalue weighted by atomic mass is 10.1. The fraction of sp³-hybridized carbons (Fsp3) is 0.667. The van der Waals surface area contributed by atoms with Crippen molar-refractivity contribution in [3.05, 3.63) is 17.8 Å². The van der Waals surface area contributed by atoms with E-state index in [0.29, 0.717) is 0 Å². The standard InChI is InChI=1S/C12H19N3/c1-9-3-5-11(7-9)8-13-12-6-4-10(2)14-15-12/h4,6,9,11H,3,5,7-8H2,1-2H3,(H,13,15). The van der Waals surface area contributed by atoms with Gasteiger partial charge in [0.25, 0.3) is 0 Å². The number of rotatable bonds is 3. The van der Waals surface area contributed by atoms with E-state index in [1.165, 1.54) is 19.3 Å². The van der Waals surface area contributed by atoms with Crippen molar-refractivity contribution < 1.29 is 0 Å². The lowest BCUT2D eigenvalue weighted by Crippen LogP contribution is -2.12. The monoisotopic (exact) mass is 205 g/mol. The average molecular weight is 205 g/mol. The van der Waals surface area contributed by atoms with Crippen molar-refractivity contribution in [1.82, 2.24) is 10.2 Å². The molecular formula is C12H19N3. The van der Waals surface area contributed by atoms with Crippen LogP contribution in [0.1, 0.15) is 31.9 Å². The van der Waals surface area contributed by atoms with Gasteiger partial charge >= 0.3 is 0 Å². The summed E-state index contributed by atoms with van der Waals surface area (Å²) < 4.78 is 0. The van der Waals surface area contributed by atoms with Gasteiger partial charge in [0.15, 0.2) is 0 Å². The third kappa shape index (κ3) is 2.91. The highest BCUT2D eigenvalue weighted by atomic mass is 15.2. The van der Waals surface area contributed by atoms with Gasteiger partial charge in [0.1, 0.15) is 5.82 Å². The van der Waals surface area contributed by atoms with Crippen LogP contribution < -0.4 is 5.32 Å². The number of hydrogen-bond acceptors (Lipinski definition) is 3. The smallest absolute Gasteiger partial charge is 0.148 e. The van der Waals surface area contributed by atoms with Gasteiger partial charge < -0.3 is 5.32 Å². The molecule has 1 saturated carbocycles. The summed E-state index contributed by atoms with van der Waals surface area (Å²) in [4.78, 5) is 0. The minimum absolute atomic E-state index is 0.822. The number of nitrogens with zero attached hydrogens (tertiary/aromatic N) is 2. The molecule has 1 aliphatic carbocycles. The molecule has 2 rings (SSSR count). The molecule has 0 amide bonds. The number of nitrogens with one attached hydrogen (secondary N) is 1. The molecule has 1 N–H and O–H groups in total. The Kier molecular flexibility index (Phi) is 3.19. The summed E-state index contributed by atoms with van der Waals surface area (Å²) in [5, 5.41) is 11.5. The molecule has 0 spiro atoms. The topological polar surface area (TPSA) is 37.8 Å². The van der Waals surface area contributed by atoms with E-state index >= 15 is 0 Å². The van der Waals surface area contributed by atoms with Crippen LogP contribution in [0.5, 0.6) is 0 Å². The Labute approximate surface area is 91.3 Å². The Bertz CT molecular complexity index is 307. The zero-order valence-electron chi connectivity index (χ0n) is 9.53. The Hall–Kier alpha value is -1.12. The fourth-order valence-corrected chi connectivity index (χ4v) is 2.25. The molecule has 0 aliphatic heterocycles. The van der Waals surface area contributed by atoms with Gasteiger partial charge in [-0.1, -0.05) is 13.3 Å². The zero-order valence-corrected chi connectivity index (χ0v) is 9.53. The zero-order chi connectivity index (χ0) is 10.7. The number of aryl methyl sites for hydroxylation is 1. The van der Waals surface area contributed by atoms with Crippen LogP contribution in [0.4, 0.5) is 5.82 Å². The lowest BCUT2D eigenvalue weighted by Gasteiger charge is -2.10. The second-order valence-corrected chi connectivity index (χ2v) is 4.73. The van der Waals surface area contributed by atoms with E-state index in [0.717, 1.165) is 29.9 Å². The summed E-state index contributed by atoms with van der Waals surface area (Å²) in [6.45, 7) is 5.34. The first-order chi connectivity index (χ1) is 7.24. The van der Waals surface area contributed by atoms with E-state index in [-0.39, 0.29) is 0 Å². The maximum atomic E-state index is 4.10. The van der Waals surface area contributed by atoms with Crippen LogP contribution in [0, 0.1) is 18.8 Å². The van der Waals surface area contributed by atoms with Crippen LogP contribution in [0.3, 0.4) is 0 Å². The van der Waals surface area contributed by atoms with Gasteiger partial charge in [-0.3, -0.25) is 0 Å². The molecule has 0 aromatic carbocycles. The highest BCUT2D eigenvalue weighted by Crippen LogP contribution is 2.30. The van der Waals surface area contributed by atoms with E-state index < -0.39 is 0 Å². The first kappa shape index (κ1) is 10.4. The van der Waals surface area contributed by atoms with Crippen LogP contribution in [0.25, 0.3) is 0 Å². The molecule has 2 unspecified atom stereocenters. The molecule has 1 heterocycles. The summed E-state index contributed by atoms with van der Waals surface area (Å²) >= 11 is 0. The predicted octanol–water partition coefficient (Wildman–Crippen LogP) is 2.63. The van der Waals surface area contributed by atoms with Crippen LogP contribution in [-0.4, -0.2) is 16.7 Å². The molecule has 15 heavy (non-hydrogen) atoms. The second-order valence-electron chi connectivity index (χ2n) is 4.73. The number of anilines is 1. The van der Waals surface area contributed by atoms with Gasteiger partial charge in [-0.15, -0.1) is 5.10 Å². The second kappa shape index (κ2) is 4.60. The average Bonchev–Trinajstić information content (AvgIpc) is 2.64. The molecular weight excluding hydrogens is 186 g/mol. The van der Waals surface area contributed by atoms with E-state index in [9.17, 15) is 0 Å². The Morgan fingerprint density at radius 3 is 2.80 bits per heavy atom. The maximum Gasteiger partial charge on any atom is 0.148 e. The van der Waals surface area contributed by atoms with E-state index in [2.05, 4.69) is 22.4 Å². The van der Waals surface area contributed by atoms with E-state index in [4.69, 9.17) is 0 Å². The van der Waals surface area contributed by atoms with Gasteiger partial charge in [-0.2, -0.15) is 5.10 Å². The van der Waals surface area contributed by atoms with Gasteiger partial charge in [-0.25, -0.2) is 0 Å². The first-order valence-electron chi connectivity index (χ1n) is 5.78. The van der Waals surface area contributed by atoms with Crippen LogP contribution in [0.15, 0.2) is 12.1 Å². The molecule has 1 aromatic heterocycles. The molecule has 1 aliphatic rings. The highest BCUT2D eigenvalue weighted by Gasteiger charge is 2.20. The normalized spacial score (nSPS) is 25.5. The van der Waals surface area contributed by atoms with Crippen molar-refractivity contribution in [1.29, 1.82) is 0 Å². The third-order valence-corrected chi connectivity index (χ3v) is 3.17. The van der Waals surface area contributed by atoms with Crippen molar-refractivity contribution in [2.75, 3.05) is 11.9 Å². The third-order valence-electron chi connectivity index (χ3n) is 3.17. The largest absolute Gasteiger partial charge is 0.368 e. The predicted molar refractivity (Wildman–Crippen MR) is 61.8 cm³/mol. The van der Waals surface area contributed by atoms with Crippen molar-refractivity contribution in [2.45, 2.75) is 33.1 Å². The minimum atomic E-state index is 0.822. The molecule has 3 heteroatoms. The molecule has 82 valence electrons. The Morgan fingerprint density at radius 2 is 2.20 bits per heavy atom. The fourth-order valence-electron chi connectivity index (χ4n) is 2.25. The Morgan fingerprint density at radius 1 is 1.33 bits per heavy atom. The molecule has 3 nitrogen and oxygen atoms in total. The summed E-state index contributed by atoms with van der Waals surface area (Å²) in [5.41, 5.74) is 0.968. The lowest BCUT2D eigenvalue weighted by molar-refractivity contribution is 0.536. The highest BCUT2D eigenvalue weighted by molar-refractivity contribution is 5.32. The van der Waals surface area contributed by atoms with E-state index in [1.807, 2.05) is 19.1 Å². The van der Waals surface area contributed by atoms with Gasteiger partial charge in [0, 0.05) is 6.54 Å². The summed E-state index contributed by atoms with van der Waals surface area (Å²) in [5.74, 6) is 2.63. The molecule has 0 saturated heterocycles. The van der Waals surface area contributed by atoms with Gasteiger partial charge in [-0.05, 0) is 43.7 Å². The molecule has 1 aromatic rings. The van der Waals surface area contributed by atoms with Crippen LogP contribution >= 0.6 is 0 Å². The van der Waals surface area contributed by atoms with Crippen molar-refractivity contribution in [2.24, 2.45) is 11.8 Å². The molecule has 0 radical (unpaired) electrons. The Balaban J connectivity index is 1.80. The summed E-state index contributed by atoms with van der Waals surface area (Å²) in [6.07, 6.45) is 4.09. The van der Waals surface area contributed by atoms with Crippen molar-refractivity contribution in [3.63, 3.8) is 0 Å². The van der Waals surface area contributed by atoms with Crippen molar-refractivity contribution in [3.8, 4) is 0 Å². The first-order valence-corrected chi connectivity index (χ1v) is 5.78. The number of hydrogen-bond donors (Lipinski definition) is 1. The van der Waals surface area contributed by atoms with Gasteiger partial charge in [0.2, 0.25) is 0 Å². The summed E-state index contributed by atoms with van der Waals surface area (Å²) in [6, 6.07) is 3.99. The molecule has 1 fully saturated rings. The summed E-state index contributed by atoms with van der Waals surface area (Å²) in [7, 11) is 0. The molecule has 2 atom stereocenters. The van der Waals surface area contributed by atoms with E-state index in [1.54, 1.807) is 0 Å². The van der Waals surface area contributed by atoms with Crippen LogP contribution in [-0.2, 0) is 0 Å². The minimum Gasteiger partial charge on any atom is -0.368 e. The maximum absolute atomic E-state index is 4.10. The number of aromatic nitrogens is 2.